The maximum absolute atomic E-state index is 12.6. The molecular formula is C22H27N3O3. The first-order valence-corrected chi connectivity index (χ1v) is 9.62. The number of amides is 2. The highest BCUT2D eigenvalue weighted by Gasteiger charge is 2.13. The lowest BCUT2D eigenvalue weighted by atomic mass is 10.1. The molecule has 0 radical (unpaired) electrons. The molecule has 1 aliphatic heterocycles. The average molecular weight is 381 g/mol. The zero-order valence-electron chi connectivity index (χ0n) is 16.5. The molecule has 148 valence electrons. The summed E-state index contributed by atoms with van der Waals surface area (Å²) in [4.78, 5) is 28.1. The summed E-state index contributed by atoms with van der Waals surface area (Å²) in [7, 11) is 3.35. The molecule has 2 aromatic rings. The number of ether oxygens (including phenoxy) is 1. The first-order chi connectivity index (χ1) is 13.5. The highest BCUT2D eigenvalue weighted by molar-refractivity contribution is 6.04. The Kier molecular flexibility index (Phi) is 6.53. The van der Waals surface area contributed by atoms with Gasteiger partial charge in [0.2, 0.25) is 0 Å². The second-order valence-corrected chi connectivity index (χ2v) is 7.16. The van der Waals surface area contributed by atoms with Gasteiger partial charge in [0.15, 0.2) is 6.61 Å². The van der Waals surface area contributed by atoms with Crippen molar-refractivity contribution in [1.29, 1.82) is 0 Å². The van der Waals surface area contributed by atoms with E-state index in [0.717, 1.165) is 24.5 Å². The molecule has 28 heavy (non-hydrogen) atoms. The lowest BCUT2D eigenvalue weighted by Crippen LogP contribution is -2.29. The Labute approximate surface area is 166 Å². The van der Waals surface area contributed by atoms with Crippen LogP contribution in [0.3, 0.4) is 0 Å². The molecule has 0 atom stereocenters. The molecule has 0 spiro atoms. The molecule has 2 amide bonds. The zero-order chi connectivity index (χ0) is 19.9. The second-order valence-electron chi connectivity index (χ2n) is 7.16. The fraction of sp³-hybridized carbons (Fsp3) is 0.364. The van der Waals surface area contributed by atoms with E-state index in [2.05, 4.69) is 16.3 Å². The number of nitrogens with one attached hydrogen (secondary N) is 1. The van der Waals surface area contributed by atoms with Crippen LogP contribution >= 0.6 is 0 Å². The van der Waals surface area contributed by atoms with Crippen molar-refractivity contribution in [3.05, 3.63) is 54.1 Å². The number of benzene rings is 2. The number of carbonyl (C=O) groups is 2. The number of carbonyl (C=O) groups excluding carboxylic acids is 2. The van der Waals surface area contributed by atoms with E-state index in [4.69, 9.17) is 4.74 Å². The van der Waals surface area contributed by atoms with Crippen molar-refractivity contribution in [3.63, 3.8) is 0 Å². The second kappa shape index (κ2) is 9.26. The van der Waals surface area contributed by atoms with E-state index in [1.54, 1.807) is 38.4 Å². The molecule has 1 fully saturated rings. The molecule has 0 aliphatic carbocycles. The van der Waals surface area contributed by atoms with Gasteiger partial charge in [-0.05, 0) is 55.7 Å². The van der Waals surface area contributed by atoms with E-state index in [0.29, 0.717) is 11.3 Å². The zero-order valence-corrected chi connectivity index (χ0v) is 16.5. The molecule has 1 saturated heterocycles. The maximum atomic E-state index is 12.6. The van der Waals surface area contributed by atoms with Crippen LogP contribution in [-0.4, -0.2) is 50.5 Å². The van der Waals surface area contributed by atoms with Crippen LogP contribution in [0.25, 0.3) is 0 Å². The van der Waals surface area contributed by atoms with Gasteiger partial charge in [0.25, 0.3) is 11.8 Å². The minimum absolute atomic E-state index is 0.0596. The van der Waals surface area contributed by atoms with Gasteiger partial charge >= 0.3 is 0 Å². The molecule has 0 bridgehead atoms. The highest BCUT2D eigenvalue weighted by Crippen LogP contribution is 2.23. The standard InChI is InChI=1S/C22H27N3O3/c1-24(2)21(26)16-28-20-11-6-8-17(14-20)22(27)23-18-9-7-10-19(15-18)25-12-4-3-5-13-25/h6-11,14-15H,3-5,12-13,16H2,1-2H3,(H,23,27). The molecule has 0 saturated carbocycles. The number of hydrogen-bond donors (Lipinski definition) is 1. The third kappa shape index (κ3) is 5.25. The number of hydrogen-bond acceptors (Lipinski definition) is 4. The van der Waals surface area contributed by atoms with Crippen LogP contribution in [0.2, 0.25) is 0 Å². The van der Waals surface area contributed by atoms with Crippen molar-refractivity contribution >= 4 is 23.2 Å². The van der Waals surface area contributed by atoms with Crippen LogP contribution in [0, 0.1) is 0 Å². The Hall–Kier alpha value is -3.02. The third-order valence-electron chi connectivity index (χ3n) is 4.78. The van der Waals surface area contributed by atoms with Crippen LogP contribution in [0.4, 0.5) is 11.4 Å². The fourth-order valence-corrected chi connectivity index (χ4v) is 3.14. The van der Waals surface area contributed by atoms with Crippen molar-refractivity contribution in [1.82, 2.24) is 4.90 Å². The summed E-state index contributed by atoms with van der Waals surface area (Å²) < 4.78 is 5.49. The lowest BCUT2D eigenvalue weighted by Gasteiger charge is -2.29. The van der Waals surface area contributed by atoms with Crippen LogP contribution in [-0.2, 0) is 4.79 Å². The number of rotatable bonds is 6. The van der Waals surface area contributed by atoms with Crippen LogP contribution < -0.4 is 15.0 Å². The summed E-state index contributed by atoms with van der Waals surface area (Å²) >= 11 is 0. The van der Waals surface area contributed by atoms with Gasteiger partial charge in [0.05, 0.1) is 0 Å². The molecule has 3 rings (SSSR count). The topological polar surface area (TPSA) is 61.9 Å². The molecule has 1 heterocycles. The first kappa shape index (κ1) is 19.7. The Morgan fingerprint density at radius 1 is 1.04 bits per heavy atom. The molecule has 6 nitrogen and oxygen atoms in total. The molecular weight excluding hydrogens is 354 g/mol. The SMILES string of the molecule is CN(C)C(=O)COc1cccc(C(=O)Nc2cccc(N3CCCCC3)c2)c1. The molecule has 6 heteroatoms. The van der Waals surface area contributed by atoms with Crippen LogP contribution in [0.15, 0.2) is 48.5 Å². The lowest BCUT2D eigenvalue weighted by molar-refractivity contribution is -0.130. The Balaban J connectivity index is 1.64. The maximum Gasteiger partial charge on any atom is 0.259 e. The monoisotopic (exact) mass is 381 g/mol. The summed E-state index contributed by atoms with van der Waals surface area (Å²) in [6.45, 7) is 2.06. The van der Waals surface area contributed by atoms with Gasteiger partial charge in [0, 0.05) is 44.1 Å². The van der Waals surface area contributed by atoms with Crippen LogP contribution in [0.5, 0.6) is 5.75 Å². The molecule has 0 aromatic heterocycles. The summed E-state index contributed by atoms with van der Waals surface area (Å²) in [5.41, 5.74) is 2.39. The van der Waals surface area contributed by atoms with Crippen molar-refractivity contribution < 1.29 is 14.3 Å². The number of piperidine rings is 1. The van der Waals surface area contributed by atoms with E-state index in [1.807, 2.05) is 18.2 Å². The molecule has 1 aliphatic rings. The van der Waals surface area contributed by atoms with Crippen molar-refractivity contribution in [2.75, 3.05) is 44.0 Å². The summed E-state index contributed by atoms with van der Waals surface area (Å²) in [5, 5.41) is 2.95. The highest BCUT2D eigenvalue weighted by atomic mass is 16.5. The molecule has 0 unspecified atom stereocenters. The summed E-state index contributed by atoms with van der Waals surface area (Å²) in [5.74, 6) is 0.148. The Morgan fingerprint density at radius 2 is 1.79 bits per heavy atom. The van der Waals surface area contributed by atoms with Crippen molar-refractivity contribution in [2.24, 2.45) is 0 Å². The summed E-state index contributed by atoms with van der Waals surface area (Å²) in [6, 6.07) is 14.8. The minimum Gasteiger partial charge on any atom is -0.484 e. The van der Waals surface area contributed by atoms with E-state index in [1.165, 1.54) is 24.2 Å². The smallest absolute Gasteiger partial charge is 0.259 e. The van der Waals surface area contributed by atoms with Gasteiger partial charge in [-0.25, -0.2) is 0 Å². The van der Waals surface area contributed by atoms with Gasteiger partial charge in [-0.1, -0.05) is 12.1 Å². The molecule has 2 aromatic carbocycles. The fourth-order valence-electron chi connectivity index (χ4n) is 3.14. The van der Waals surface area contributed by atoms with Crippen molar-refractivity contribution in [3.8, 4) is 5.75 Å². The van der Waals surface area contributed by atoms with E-state index in [-0.39, 0.29) is 18.4 Å². The minimum atomic E-state index is -0.208. The predicted octanol–water partition coefficient (Wildman–Crippen LogP) is 3.40. The first-order valence-electron chi connectivity index (χ1n) is 9.62. The van der Waals surface area contributed by atoms with Gasteiger partial charge < -0.3 is 19.9 Å². The largest absolute Gasteiger partial charge is 0.484 e. The van der Waals surface area contributed by atoms with Gasteiger partial charge in [-0.2, -0.15) is 0 Å². The van der Waals surface area contributed by atoms with Crippen molar-refractivity contribution in [2.45, 2.75) is 19.3 Å². The third-order valence-corrected chi connectivity index (χ3v) is 4.78. The van der Waals surface area contributed by atoms with Gasteiger partial charge in [-0.15, -0.1) is 0 Å². The Bertz CT molecular complexity index is 829. The average Bonchev–Trinajstić information content (AvgIpc) is 2.73. The van der Waals surface area contributed by atoms with E-state index in [9.17, 15) is 9.59 Å². The molecule has 1 N–H and O–H groups in total. The normalized spacial score (nSPS) is 13.7. The van der Waals surface area contributed by atoms with Crippen LogP contribution in [0.1, 0.15) is 29.6 Å². The Morgan fingerprint density at radius 3 is 2.54 bits per heavy atom. The van der Waals surface area contributed by atoms with Gasteiger partial charge in [-0.3, -0.25) is 9.59 Å². The summed E-state index contributed by atoms with van der Waals surface area (Å²) in [6.07, 6.45) is 3.70. The van der Waals surface area contributed by atoms with E-state index < -0.39 is 0 Å². The number of anilines is 2. The quantitative estimate of drug-likeness (QED) is 0.833. The number of nitrogens with zero attached hydrogens (tertiary/aromatic N) is 2. The predicted molar refractivity (Wildman–Crippen MR) is 111 cm³/mol. The van der Waals surface area contributed by atoms with E-state index >= 15 is 0 Å². The number of likely N-dealkylation sites (N-methyl/N-ethyl adjacent to an activating group) is 1. The van der Waals surface area contributed by atoms with Gasteiger partial charge in [0.1, 0.15) is 5.75 Å².